The standard InChI is InChI=1S/C20H33FN4O.HI/c1-19(2,16-8-6-7-9-17(16)21)14-23-18(22-5)24-15-20(3,4)25-10-12-26-13-11-25;/h6-9H,10-15H2,1-5H3,(H2,22,23,24);1H. The summed E-state index contributed by atoms with van der Waals surface area (Å²) in [4.78, 5) is 6.74. The summed E-state index contributed by atoms with van der Waals surface area (Å²) in [6.07, 6.45) is 0. The van der Waals surface area contributed by atoms with Crippen LogP contribution in [0, 0.1) is 5.82 Å². The molecule has 0 amide bonds. The van der Waals surface area contributed by atoms with E-state index in [1.54, 1.807) is 13.1 Å². The van der Waals surface area contributed by atoms with Gasteiger partial charge < -0.3 is 15.4 Å². The van der Waals surface area contributed by atoms with Crippen molar-refractivity contribution in [2.24, 2.45) is 4.99 Å². The number of ether oxygens (including phenoxy) is 1. The number of aliphatic imine (C=N–C) groups is 1. The van der Waals surface area contributed by atoms with Crippen LogP contribution in [-0.4, -0.2) is 62.8 Å². The molecule has 1 saturated heterocycles. The predicted octanol–water partition coefficient (Wildman–Crippen LogP) is 3.00. The number of nitrogens with one attached hydrogen (secondary N) is 2. The maximum Gasteiger partial charge on any atom is 0.191 e. The van der Waals surface area contributed by atoms with E-state index in [-0.39, 0.29) is 40.7 Å². The van der Waals surface area contributed by atoms with Crippen molar-refractivity contribution >= 4 is 29.9 Å². The Kier molecular flexibility index (Phi) is 9.44. The monoisotopic (exact) mass is 492 g/mol. The van der Waals surface area contributed by atoms with Crippen molar-refractivity contribution in [3.8, 4) is 0 Å². The molecular formula is C20H34FIN4O. The van der Waals surface area contributed by atoms with Gasteiger partial charge in [-0.25, -0.2) is 4.39 Å². The second-order valence-electron chi connectivity index (χ2n) is 8.05. The van der Waals surface area contributed by atoms with Crippen molar-refractivity contribution in [2.45, 2.75) is 38.6 Å². The highest BCUT2D eigenvalue weighted by Crippen LogP contribution is 2.24. The molecule has 0 unspecified atom stereocenters. The minimum absolute atomic E-state index is 0. The van der Waals surface area contributed by atoms with E-state index in [4.69, 9.17) is 4.74 Å². The van der Waals surface area contributed by atoms with Crippen molar-refractivity contribution in [1.82, 2.24) is 15.5 Å². The molecule has 0 bridgehead atoms. The molecule has 1 aromatic rings. The third-order valence-corrected chi connectivity index (χ3v) is 5.08. The number of nitrogens with zero attached hydrogens (tertiary/aromatic N) is 2. The van der Waals surface area contributed by atoms with Crippen LogP contribution in [0.5, 0.6) is 0 Å². The lowest BCUT2D eigenvalue weighted by molar-refractivity contribution is -0.00834. The molecule has 1 aliphatic rings. The molecule has 154 valence electrons. The molecule has 0 aromatic heterocycles. The zero-order valence-electron chi connectivity index (χ0n) is 17.1. The molecule has 2 rings (SSSR count). The number of morpholine rings is 1. The largest absolute Gasteiger partial charge is 0.379 e. The van der Waals surface area contributed by atoms with Gasteiger partial charge in [-0.3, -0.25) is 9.89 Å². The van der Waals surface area contributed by atoms with Gasteiger partial charge in [0.25, 0.3) is 0 Å². The van der Waals surface area contributed by atoms with Crippen LogP contribution in [0.25, 0.3) is 0 Å². The van der Waals surface area contributed by atoms with E-state index in [1.165, 1.54) is 6.07 Å². The lowest BCUT2D eigenvalue weighted by Crippen LogP contribution is -2.57. The van der Waals surface area contributed by atoms with Gasteiger partial charge in [0.1, 0.15) is 5.82 Å². The molecule has 0 saturated carbocycles. The Morgan fingerprint density at radius 1 is 1.11 bits per heavy atom. The van der Waals surface area contributed by atoms with E-state index < -0.39 is 0 Å². The van der Waals surface area contributed by atoms with Gasteiger partial charge in [-0.05, 0) is 25.5 Å². The number of hydrogen-bond donors (Lipinski definition) is 2. The van der Waals surface area contributed by atoms with Gasteiger partial charge in [0.2, 0.25) is 0 Å². The Hall–Kier alpha value is -0.930. The summed E-state index contributed by atoms with van der Waals surface area (Å²) in [5.74, 6) is 0.562. The average Bonchev–Trinajstić information content (AvgIpc) is 2.63. The van der Waals surface area contributed by atoms with Gasteiger partial charge in [-0.2, -0.15) is 0 Å². The number of hydrogen-bond acceptors (Lipinski definition) is 3. The van der Waals surface area contributed by atoms with E-state index in [2.05, 4.69) is 34.4 Å². The van der Waals surface area contributed by atoms with Crippen LogP contribution < -0.4 is 10.6 Å². The fourth-order valence-corrected chi connectivity index (χ4v) is 3.21. The van der Waals surface area contributed by atoms with E-state index >= 15 is 0 Å². The fraction of sp³-hybridized carbons (Fsp3) is 0.650. The minimum Gasteiger partial charge on any atom is -0.379 e. The van der Waals surface area contributed by atoms with Crippen LogP contribution in [0.1, 0.15) is 33.3 Å². The summed E-state index contributed by atoms with van der Waals surface area (Å²) < 4.78 is 19.6. The normalized spacial score (nSPS) is 16.6. The van der Waals surface area contributed by atoms with Gasteiger partial charge in [-0.15, -0.1) is 24.0 Å². The average molecular weight is 492 g/mol. The van der Waals surface area contributed by atoms with Gasteiger partial charge in [-0.1, -0.05) is 32.0 Å². The van der Waals surface area contributed by atoms with Crippen LogP contribution in [0.2, 0.25) is 0 Å². The molecule has 5 nitrogen and oxygen atoms in total. The first-order valence-electron chi connectivity index (χ1n) is 9.28. The number of benzene rings is 1. The van der Waals surface area contributed by atoms with Crippen LogP contribution in [0.15, 0.2) is 29.3 Å². The Morgan fingerprint density at radius 3 is 2.30 bits per heavy atom. The Balaban J connectivity index is 0.00000364. The van der Waals surface area contributed by atoms with Crippen molar-refractivity contribution in [3.63, 3.8) is 0 Å². The van der Waals surface area contributed by atoms with E-state index in [1.807, 2.05) is 26.0 Å². The lowest BCUT2D eigenvalue weighted by Gasteiger charge is -2.41. The molecule has 1 heterocycles. The summed E-state index contributed by atoms with van der Waals surface area (Å²) in [5, 5.41) is 6.75. The Morgan fingerprint density at radius 2 is 1.70 bits per heavy atom. The Bertz CT molecular complexity index is 616. The maximum absolute atomic E-state index is 14.1. The van der Waals surface area contributed by atoms with Gasteiger partial charge in [0.15, 0.2) is 5.96 Å². The number of rotatable bonds is 6. The van der Waals surface area contributed by atoms with Crippen LogP contribution >= 0.6 is 24.0 Å². The fourth-order valence-electron chi connectivity index (χ4n) is 3.21. The third-order valence-electron chi connectivity index (χ3n) is 5.08. The van der Waals surface area contributed by atoms with Crippen molar-refractivity contribution < 1.29 is 9.13 Å². The second kappa shape index (κ2) is 10.6. The van der Waals surface area contributed by atoms with Crippen molar-refractivity contribution in [2.75, 3.05) is 46.4 Å². The summed E-state index contributed by atoms with van der Waals surface area (Å²) in [7, 11) is 1.76. The minimum atomic E-state index is -0.345. The molecular weight excluding hydrogens is 458 g/mol. The third kappa shape index (κ3) is 6.87. The number of halogens is 2. The maximum atomic E-state index is 14.1. The molecule has 2 N–H and O–H groups in total. The molecule has 27 heavy (non-hydrogen) atoms. The van der Waals surface area contributed by atoms with Crippen LogP contribution in [0.4, 0.5) is 4.39 Å². The van der Waals surface area contributed by atoms with Crippen LogP contribution in [-0.2, 0) is 10.2 Å². The predicted molar refractivity (Wildman–Crippen MR) is 121 cm³/mol. The smallest absolute Gasteiger partial charge is 0.191 e. The van der Waals surface area contributed by atoms with Gasteiger partial charge in [0.05, 0.1) is 13.2 Å². The zero-order chi connectivity index (χ0) is 19.2. The van der Waals surface area contributed by atoms with E-state index in [0.717, 1.165) is 38.8 Å². The molecule has 1 aliphatic heterocycles. The number of guanidine groups is 1. The molecule has 0 radical (unpaired) electrons. The van der Waals surface area contributed by atoms with Crippen molar-refractivity contribution in [1.29, 1.82) is 0 Å². The first kappa shape index (κ1) is 24.1. The first-order chi connectivity index (χ1) is 12.3. The summed E-state index contributed by atoms with van der Waals surface area (Å²) >= 11 is 0. The summed E-state index contributed by atoms with van der Waals surface area (Å²) in [6, 6.07) is 6.94. The second-order valence-corrected chi connectivity index (χ2v) is 8.05. The molecule has 7 heteroatoms. The SMILES string of the molecule is CN=C(NCC(C)(C)c1ccccc1F)NCC(C)(C)N1CCOCC1.I. The van der Waals surface area contributed by atoms with E-state index in [9.17, 15) is 4.39 Å². The highest BCUT2D eigenvalue weighted by Gasteiger charge is 2.29. The molecule has 1 fully saturated rings. The summed E-state index contributed by atoms with van der Waals surface area (Å²) in [6.45, 7) is 13.3. The lowest BCUT2D eigenvalue weighted by atomic mass is 9.84. The quantitative estimate of drug-likeness (QED) is 0.364. The first-order valence-corrected chi connectivity index (χ1v) is 9.28. The van der Waals surface area contributed by atoms with Crippen molar-refractivity contribution in [3.05, 3.63) is 35.6 Å². The molecule has 0 spiro atoms. The van der Waals surface area contributed by atoms with Gasteiger partial charge in [0, 0.05) is 44.2 Å². The molecule has 0 atom stereocenters. The Labute approximate surface area is 180 Å². The highest BCUT2D eigenvalue weighted by atomic mass is 127. The van der Waals surface area contributed by atoms with E-state index in [0.29, 0.717) is 12.1 Å². The topological polar surface area (TPSA) is 48.9 Å². The van der Waals surface area contributed by atoms with Crippen LogP contribution in [0.3, 0.4) is 0 Å². The summed E-state index contributed by atoms with van der Waals surface area (Å²) in [5.41, 5.74) is 0.363. The molecule has 1 aromatic carbocycles. The highest BCUT2D eigenvalue weighted by molar-refractivity contribution is 14.0. The van der Waals surface area contributed by atoms with Gasteiger partial charge >= 0.3 is 0 Å². The zero-order valence-corrected chi connectivity index (χ0v) is 19.5. The molecule has 0 aliphatic carbocycles.